The molecule has 1 aromatic rings. The molecule has 0 bridgehead atoms. The van der Waals surface area contributed by atoms with Crippen LogP contribution in [0.25, 0.3) is 6.08 Å². The maximum atomic E-state index is 10.8. The molecule has 0 aromatic heterocycles. The molecule has 1 aromatic carbocycles. The molecule has 5 nitrogen and oxygen atoms in total. The summed E-state index contributed by atoms with van der Waals surface area (Å²) < 4.78 is 4.59. The quantitative estimate of drug-likeness (QED) is 0.467. The summed E-state index contributed by atoms with van der Waals surface area (Å²) in [5, 5.41) is 18.3. The van der Waals surface area contributed by atoms with Crippen LogP contribution in [0.4, 0.5) is 0 Å². The Morgan fingerprint density at radius 2 is 2.00 bits per heavy atom. The summed E-state index contributed by atoms with van der Waals surface area (Å²) in [6.45, 7) is 1.10. The molecule has 5 heteroatoms. The number of rotatable bonds is 4. The monoisotopic (exact) mass is 236 g/mol. The van der Waals surface area contributed by atoms with Crippen LogP contribution in [0.2, 0.25) is 0 Å². The Hall–Kier alpha value is -2.30. The van der Waals surface area contributed by atoms with Gasteiger partial charge in [-0.05, 0) is 23.8 Å². The fraction of sp³-hybridized carbons (Fsp3) is 0.167. The Morgan fingerprint density at radius 1 is 1.29 bits per heavy atom. The predicted octanol–water partition coefficient (Wildman–Crippen LogP) is 1.24. The standard InChI is InChI=1S/C12H12O5/c1-8(13)12(16)17-6-2-3-9-4-5-10(14)11(15)7-9/h2-5,7,14-15H,6H2,1H3/b3-2+. The molecule has 0 unspecified atom stereocenters. The Balaban J connectivity index is 2.51. The first-order valence-corrected chi connectivity index (χ1v) is 4.87. The van der Waals surface area contributed by atoms with Gasteiger partial charge in [0.25, 0.3) is 0 Å². The molecule has 0 aliphatic heterocycles. The summed E-state index contributed by atoms with van der Waals surface area (Å²) in [4.78, 5) is 21.3. The lowest BCUT2D eigenvalue weighted by Gasteiger charge is -1.99. The number of hydrogen-bond acceptors (Lipinski definition) is 5. The molecule has 0 fully saturated rings. The molecule has 0 radical (unpaired) electrons. The van der Waals surface area contributed by atoms with Crippen molar-refractivity contribution in [1.29, 1.82) is 0 Å². The van der Waals surface area contributed by atoms with E-state index in [2.05, 4.69) is 4.74 Å². The third kappa shape index (κ3) is 3.98. The molecule has 0 saturated carbocycles. The van der Waals surface area contributed by atoms with Crippen molar-refractivity contribution in [2.45, 2.75) is 6.92 Å². The number of ether oxygens (including phenoxy) is 1. The molecule has 0 aliphatic carbocycles. The molecular formula is C12H12O5. The highest BCUT2D eigenvalue weighted by Crippen LogP contribution is 2.25. The Labute approximate surface area is 98.0 Å². The Bertz CT molecular complexity index is 462. The number of phenolic OH excluding ortho intramolecular Hbond substituents is 2. The van der Waals surface area contributed by atoms with Crippen molar-refractivity contribution >= 4 is 17.8 Å². The summed E-state index contributed by atoms with van der Waals surface area (Å²) in [5.74, 6) is -1.97. The van der Waals surface area contributed by atoms with Crippen molar-refractivity contribution in [1.82, 2.24) is 0 Å². The third-order valence-electron chi connectivity index (χ3n) is 1.91. The number of benzene rings is 1. The van der Waals surface area contributed by atoms with Gasteiger partial charge in [-0.3, -0.25) is 4.79 Å². The van der Waals surface area contributed by atoms with Crippen LogP contribution in [0.15, 0.2) is 24.3 Å². The highest BCUT2D eigenvalue weighted by Gasteiger charge is 2.06. The normalized spacial score (nSPS) is 10.4. The largest absolute Gasteiger partial charge is 0.504 e. The Morgan fingerprint density at radius 3 is 2.59 bits per heavy atom. The van der Waals surface area contributed by atoms with Crippen molar-refractivity contribution in [3.05, 3.63) is 29.8 Å². The van der Waals surface area contributed by atoms with Crippen LogP contribution in [-0.2, 0) is 14.3 Å². The lowest BCUT2D eigenvalue weighted by molar-refractivity contribution is -0.151. The van der Waals surface area contributed by atoms with Crippen molar-refractivity contribution < 1.29 is 24.5 Å². The number of aromatic hydroxyl groups is 2. The fourth-order valence-corrected chi connectivity index (χ4v) is 1.05. The van der Waals surface area contributed by atoms with Crippen molar-refractivity contribution in [2.24, 2.45) is 0 Å². The number of carbonyl (C=O) groups is 2. The number of carbonyl (C=O) groups excluding carboxylic acids is 2. The van der Waals surface area contributed by atoms with Gasteiger partial charge in [-0.25, -0.2) is 4.79 Å². The second-order valence-electron chi connectivity index (χ2n) is 3.31. The van der Waals surface area contributed by atoms with E-state index in [0.29, 0.717) is 5.56 Å². The summed E-state index contributed by atoms with van der Waals surface area (Å²) in [6, 6.07) is 4.29. The molecule has 17 heavy (non-hydrogen) atoms. The number of hydrogen-bond donors (Lipinski definition) is 2. The zero-order valence-electron chi connectivity index (χ0n) is 9.21. The van der Waals surface area contributed by atoms with Crippen molar-refractivity contribution in [2.75, 3.05) is 6.61 Å². The van der Waals surface area contributed by atoms with Crippen LogP contribution in [0.3, 0.4) is 0 Å². The zero-order chi connectivity index (χ0) is 12.8. The van der Waals surface area contributed by atoms with Gasteiger partial charge < -0.3 is 14.9 Å². The maximum absolute atomic E-state index is 10.8. The molecule has 2 N–H and O–H groups in total. The van der Waals surface area contributed by atoms with Crippen LogP contribution in [0, 0.1) is 0 Å². The minimum Gasteiger partial charge on any atom is -0.504 e. The first kappa shape index (κ1) is 12.8. The number of Topliss-reactive ketones (excluding diaryl/α,β-unsaturated/α-hetero) is 1. The molecule has 0 heterocycles. The Kier molecular flexibility index (Phi) is 4.28. The van der Waals surface area contributed by atoms with Crippen molar-refractivity contribution in [3.8, 4) is 11.5 Å². The van der Waals surface area contributed by atoms with Crippen LogP contribution in [-0.4, -0.2) is 28.6 Å². The summed E-state index contributed by atoms with van der Waals surface area (Å²) in [7, 11) is 0. The van der Waals surface area contributed by atoms with Gasteiger partial charge in [-0.1, -0.05) is 12.1 Å². The third-order valence-corrected chi connectivity index (χ3v) is 1.91. The minimum absolute atomic E-state index is 0.0277. The SMILES string of the molecule is CC(=O)C(=O)OC/C=C/c1ccc(O)c(O)c1. The molecule has 0 amide bonds. The van der Waals surface area contributed by atoms with Crippen LogP contribution in [0.5, 0.6) is 11.5 Å². The van der Waals surface area contributed by atoms with Gasteiger partial charge in [0, 0.05) is 6.92 Å². The molecule has 0 aliphatic rings. The summed E-state index contributed by atoms with van der Waals surface area (Å²) in [5.41, 5.74) is 0.638. The lowest BCUT2D eigenvalue weighted by atomic mass is 10.2. The van der Waals surface area contributed by atoms with E-state index in [-0.39, 0.29) is 18.1 Å². The van der Waals surface area contributed by atoms with E-state index in [9.17, 15) is 14.7 Å². The first-order chi connectivity index (χ1) is 8.00. The van der Waals surface area contributed by atoms with Crippen molar-refractivity contribution in [3.63, 3.8) is 0 Å². The molecule has 0 spiro atoms. The van der Waals surface area contributed by atoms with Crippen LogP contribution >= 0.6 is 0 Å². The summed E-state index contributed by atoms with van der Waals surface area (Å²) >= 11 is 0. The molecule has 0 atom stereocenters. The fourth-order valence-electron chi connectivity index (χ4n) is 1.05. The zero-order valence-corrected chi connectivity index (χ0v) is 9.21. The molecular weight excluding hydrogens is 224 g/mol. The topological polar surface area (TPSA) is 83.8 Å². The predicted molar refractivity (Wildman–Crippen MR) is 60.4 cm³/mol. The van der Waals surface area contributed by atoms with E-state index in [1.54, 1.807) is 12.1 Å². The van der Waals surface area contributed by atoms with E-state index in [0.717, 1.165) is 6.92 Å². The highest BCUT2D eigenvalue weighted by atomic mass is 16.5. The van der Waals surface area contributed by atoms with Gasteiger partial charge >= 0.3 is 5.97 Å². The van der Waals surface area contributed by atoms with E-state index < -0.39 is 11.8 Å². The van der Waals surface area contributed by atoms with Gasteiger partial charge in [0.05, 0.1) is 0 Å². The minimum atomic E-state index is -0.886. The average Bonchev–Trinajstić information content (AvgIpc) is 2.28. The van der Waals surface area contributed by atoms with E-state index >= 15 is 0 Å². The van der Waals surface area contributed by atoms with Gasteiger partial charge in [-0.2, -0.15) is 0 Å². The van der Waals surface area contributed by atoms with E-state index in [1.807, 2.05) is 0 Å². The maximum Gasteiger partial charge on any atom is 0.374 e. The number of phenols is 2. The molecule has 1 rings (SSSR count). The van der Waals surface area contributed by atoms with E-state index in [1.165, 1.54) is 18.2 Å². The lowest BCUT2D eigenvalue weighted by Crippen LogP contribution is -2.13. The second-order valence-corrected chi connectivity index (χ2v) is 3.31. The van der Waals surface area contributed by atoms with Gasteiger partial charge in [0.1, 0.15) is 6.61 Å². The smallest absolute Gasteiger partial charge is 0.374 e. The van der Waals surface area contributed by atoms with Gasteiger partial charge in [0.15, 0.2) is 11.5 Å². The first-order valence-electron chi connectivity index (χ1n) is 4.87. The van der Waals surface area contributed by atoms with Gasteiger partial charge in [0.2, 0.25) is 5.78 Å². The molecule has 0 saturated heterocycles. The average molecular weight is 236 g/mol. The number of ketones is 1. The van der Waals surface area contributed by atoms with Gasteiger partial charge in [-0.15, -0.1) is 0 Å². The summed E-state index contributed by atoms with van der Waals surface area (Å²) in [6.07, 6.45) is 3.11. The van der Waals surface area contributed by atoms with Crippen LogP contribution in [0.1, 0.15) is 12.5 Å². The van der Waals surface area contributed by atoms with Crippen LogP contribution < -0.4 is 0 Å². The highest BCUT2D eigenvalue weighted by molar-refractivity contribution is 6.32. The molecule has 90 valence electrons. The van der Waals surface area contributed by atoms with E-state index in [4.69, 9.17) is 5.11 Å². The number of esters is 1. The second kappa shape index (κ2) is 5.69.